The van der Waals surface area contributed by atoms with Crippen LogP contribution in [0.5, 0.6) is 5.75 Å². The molecule has 146 valence electrons. The Bertz CT molecular complexity index is 856. The number of amides is 1. The lowest BCUT2D eigenvalue weighted by Crippen LogP contribution is -2.32. The molecule has 0 unspecified atom stereocenters. The van der Waals surface area contributed by atoms with E-state index >= 15 is 0 Å². The number of hydrogen-bond acceptors (Lipinski definition) is 4. The molecule has 1 atom stereocenters. The minimum absolute atomic E-state index is 0.0466. The molecule has 0 saturated carbocycles. The van der Waals surface area contributed by atoms with E-state index in [9.17, 15) is 9.59 Å². The van der Waals surface area contributed by atoms with E-state index in [-0.39, 0.29) is 17.8 Å². The number of benzene rings is 2. The van der Waals surface area contributed by atoms with Crippen LogP contribution in [0.1, 0.15) is 48.2 Å². The molecule has 0 aliphatic heterocycles. The topological polar surface area (TPSA) is 105 Å². The van der Waals surface area contributed by atoms with Gasteiger partial charge in [0.2, 0.25) is 0 Å². The molecule has 0 saturated heterocycles. The van der Waals surface area contributed by atoms with E-state index in [4.69, 9.17) is 15.9 Å². The van der Waals surface area contributed by atoms with E-state index in [2.05, 4.69) is 12.2 Å². The smallest absolute Gasteiger partial charge is 0.336 e. The molecule has 0 aromatic heterocycles. The number of ether oxygens (including phenoxy) is 1. The number of nitrogens with two attached hydrogens (primary N) is 1. The van der Waals surface area contributed by atoms with Gasteiger partial charge < -0.3 is 15.8 Å². The SMILES string of the molecule is CCC[C@@H](C)NC(=O)c1ccc(/C=C/C(=O)Oc2ccc(C(=N)N)cc2)cc1. The molecular weight excluding hydrogens is 354 g/mol. The van der Waals surface area contributed by atoms with E-state index in [0.29, 0.717) is 16.9 Å². The van der Waals surface area contributed by atoms with Gasteiger partial charge in [0, 0.05) is 23.2 Å². The average molecular weight is 379 g/mol. The second kappa shape index (κ2) is 10.1. The van der Waals surface area contributed by atoms with Gasteiger partial charge in [-0.25, -0.2) is 4.79 Å². The van der Waals surface area contributed by atoms with Crippen molar-refractivity contribution in [3.05, 3.63) is 71.3 Å². The van der Waals surface area contributed by atoms with Gasteiger partial charge in [-0.2, -0.15) is 0 Å². The van der Waals surface area contributed by atoms with E-state index < -0.39 is 5.97 Å². The van der Waals surface area contributed by atoms with Crippen LogP contribution in [0.3, 0.4) is 0 Å². The van der Waals surface area contributed by atoms with Crippen molar-refractivity contribution in [3.63, 3.8) is 0 Å². The molecule has 6 nitrogen and oxygen atoms in total. The highest BCUT2D eigenvalue weighted by atomic mass is 16.5. The van der Waals surface area contributed by atoms with Gasteiger partial charge in [0.15, 0.2) is 0 Å². The third-order valence-corrected chi connectivity index (χ3v) is 4.07. The molecule has 0 bridgehead atoms. The second-order valence-corrected chi connectivity index (χ2v) is 6.48. The molecular formula is C22H25N3O3. The molecule has 0 radical (unpaired) electrons. The molecule has 2 aromatic carbocycles. The van der Waals surface area contributed by atoms with Gasteiger partial charge in [-0.15, -0.1) is 0 Å². The molecule has 2 rings (SSSR count). The highest BCUT2D eigenvalue weighted by molar-refractivity contribution is 5.95. The number of carbonyl (C=O) groups excluding carboxylic acids is 2. The average Bonchev–Trinajstić information content (AvgIpc) is 2.67. The van der Waals surface area contributed by atoms with Gasteiger partial charge in [-0.05, 0) is 61.4 Å². The lowest BCUT2D eigenvalue weighted by molar-refractivity contribution is -0.128. The predicted molar refractivity (Wildman–Crippen MR) is 110 cm³/mol. The molecule has 2 aromatic rings. The van der Waals surface area contributed by atoms with Crippen LogP contribution in [0.15, 0.2) is 54.6 Å². The first-order valence-electron chi connectivity index (χ1n) is 9.14. The monoisotopic (exact) mass is 379 g/mol. The zero-order valence-corrected chi connectivity index (χ0v) is 16.1. The van der Waals surface area contributed by atoms with Crippen molar-refractivity contribution < 1.29 is 14.3 Å². The molecule has 0 fully saturated rings. The first-order chi connectivity index (χ1) is 13.4. The van der Waals surface area contributed by atoms with Crippen LogP contribution in [0.25, 0.3) is 6.08 Å². The Morgan fingerprint density at radius 2 is 1.71 bits per heavy atom. The van der Waals surface area contributed by atoms with E-state index in [1.807, 2.05) is 6.92 Å². The zero-order valence-electron chi connectivity index (χ0n) is 16.1. The maximum Gasteiger partial charge on any atom is 0.336 e. The Kier molecular flexibility index (Phi) is 7.51. The lowest BCUT2D eigenvalue weighted by atomic mass is 10.1. The Morgan fingerprint density at radius 1 is 1.11 bits per heavy atom. The molecule has 28 heavy (non-hydrogen) atoms. The number of rotatable bonds is 8. The lowest BCUT2D eigenvalue weighted by Gasteiger charge is -2.12. The van der Waals surface area contributed by atoms with Crippen molar-refractivity contribution in [3.8, 4) is 5.75 Å². The summed E-state index contributed by atoms with van der Waals surface area (Å²) >= 11 is 0. The summed E-state index contributed by atoms with van der Waals surface area (Å²) in [5, 5.41) is 10.3. The van der Waals surface area contributed by atoms with Gasteiger partial charge in [-0.1, -0.05) is 25.5 Å². The Balaban J connectivity index is 1.91. The summed E-state index contributed by atoms with van der Waals surface area (Å²) in [5.41, 5.74) is 7.30. The first-order valence-corrected chi connectivity index (χ1v) is 9.14. The Hall–Kier alpha value is -3.41. The van der Waals surface area contributed by atoms with Crippen molar-refractivity contribution in [1.82, 2.24) is 5.32 Å². The van der Waals surface area contributed by atoms with Crippen molar-refractivity contribution in [2.45, 2.75) is 32.7 Å². The minimum atomic E-state index is -0.522. The van der Waals surface area contributed by atoms with Crippen LogP contribution in [0.2, 0.25) is 0 Å². The standard InChI is InChI=1S/C22H25N3O3/c1-3-4-15(2)25-22(27)18-8-5-16(6-9-18)7-14-20(26)28-19-12-10-17(11-13-19)21(23)24/h5-15H,3-4H2,1-2H3,(H3,23,24)(H,25,27)/b14-7+/t15-/m1/s1. The maximum absolute atomic E-state index is 12.2. The fourth-order valence-corrected chi connectivity index (χ4v) is 2.57. The molecule has 0 aliphatic carbocycles. The summed E-state index contributed by atoms with van der Waals surface area (Å²) in [7, 11) is 0. The number of esters is 1. The van der Waals surface area contributed by atoms with Crippen LogP contribution in [0, 0.1) is 5.41 Å². The van der Waals surface area contributed by atoms with E-state index in [0.717, 1.165) is 18.4 Å². The van der Waals surface area contributed by atoms with Gasteiger partial charge >= 0.3 is 5.97 Å². The van der Waals surface area contributed by atoms with E-state index in [1.165, 1.54) is 6.08 Å². The molecule has 0 spiro atoms. The molecule has 0 heterocycles. The molecule has 4 N–H and O–H groups in total. The fraction of sp³-hybridized carbons (Fsp3) is 0.227. The summed E-state index contributed by atoms with van der Waals surface area (Å²) in [5.74, 6) is -0.307. The van der Waals surface area contributed by atoms with Gasteiger partial charge in [0.25, 0.3) is 5.91 Å². The Morgan fingerprint density at radius 3 is 2.29 bits per heavy atom. The quantitative estimate of drug-likeness (QED) is 0.215. The molecule has 6 heteroatoms. The van der Waals surface area contributed by atoms with E-state index in [1.54, 1.807) is 54.6 Å². The van der Waals surface area contributed by atoms with Crippen LogP contribution in [-0.2, 0) is 4.79 Å². The number of hydrogen-bond donors (Lipinski definition) is 3. The van der Waals surface area contributed by atoms with Crippen LogP contribution >= 0.6 is 0 Å². The zero-order chi connectivity index (χ0) is 20.5. The number of carbonyl (C=O) groups is 2. The number of nitrogen functional groups attached to an aromatic ring is 1. The van der Waals surface area contributed by atoms with Crippen molar-refractivity contribution >= 4 is 23.8 Å². The predicted octanol–water partition coefficient (Wildman–Crippen LogP) is 3.51. The van der Waals surface area contributed by atoms with Crippen LogP contribution in [-0.4, -0.2) is 23.8 Å². The Labute approximate surface area is 164 Å². The molecule has 1 amide bonds. The summed E-state index contributed by atoms with van der Waals surface area (Å²) in [6, 6.07) is 13.5. The van der Waals surface area contributed by atoms with Crippen molar-refractivity contribution in [2.24, 2.45) is 5.73 Å². The highest BCUT2D eigenvalue weighted by Crippen LogP contribution is 2.13. The largest absolute Gasteiger partial charge is 0.423 e. The molecule has 0 aliphatic rings. The third-order valence-electron chi connectivity index (χ3n) is 4.07. The third kappa shape index (κ3) is 6.39. The number of nitrogens with one attached hydrogen (secondary N) is 2. The summed E-state index contributed by atoms with van der Waals surface area (Å²) in [4.78, 5) is 24.1. The van der Waals surface area contributed by atoms with Crippen molar-refractivity contribution in [2.75, 3.05) is 0 Å². The van der Waals surface area contributed by atoms with Gasteiger partial charge in [0.05, 0.1) is 0 Å². The first kappa shape index (κ1) is 20.9. The van der Waals surface area contributed by atoms with Crippen LogP contribution in [0.4, 0.5) is 0 Å². The summed E-state index contributed by atoms with van der Waals surface area (Å²) in [6.45, 7) is 4.06. The van der Waals surface area contributed by atoms with Gasteiger partial charge in [-0.3, -0.25) is 10.2 Å². The van der Waals surface area contributed by atoms with Crippen LogP contribution < -0.4 is 15.8 Å². The van der Waals surface area contributed by atoms with Gasteiger partial charge in [0.1, 0.15) is 11.6 Å². The second-order valence-electron chi connectivity index (χ2n) is 6.48. The highest BCUT2D eigenvalue weighted by Gasteiger charge is 2.08. The maximum atomic E-state index is 12.2. The normalized spacial score (nSPS) is 11.8. The van der Waals surface area contributed by atoms with Crippen molar-refractivity contribution in [1.29, 1.82) is 5.41 Å². The number of amidine groups is 1. The fourth-order valence-electron chi connectivity index (χ4n) is 2.57. The summed E-state index contributed by atoms with van der Waals surface area (Å²) < 4.78 is 5.20. The minimum Gasteiger partial charge on any atom is -0.423 e. The summed E-state index contributed by atoms with van der Waals surface area (Å²) in [6.07, 6.45) is 4.89.